The van der Waals surface area contributed by atoms with Gasteiger partial charge in [0.25, 0.3) is 0 Å². The predicted molar refractivity (Wildman–Crippen MR) is 89.6 cm³/mol. The molecule has 0 amide bonds. The third-order valence-corrected chi connectivity index (χ3v) is 5.13. The van der Waals surface area contributed by atoms with E-state index in [1.165, 1.54) is 20.2 Å². The molecule has 0 aliphatic heterocycles. The molecule has 0 nitrogen and oxygen atoms in total. The summed E-state index contributed by atoms with van der Waals surface area (Å²) in [6, 6.07) is 18.9. The van der Waals surface area contributed by atoms with Crippen LogP contribution in [-0.4, -0.2) is 0 Å². The first kappa shape index (κ1) is 11.7. The van der Waals surface area contributed by atoms with Crippen molar-refractivity contribution >= 4 is 42.8 Å². The van der Waals surface area contributed by atoms with Crippen LogP contribution in [-0.2, 0) is 0 Å². The van der Waals surface area contributed by atoms with Crippen LogP contribution in [0.2, 0.25) is 0 Å². The average Bonchev–Trinajstić information content (AvgIpc) is 3.11. The van der Waals surface area contributed by atoms with Gasteiger partial charge < -0.3 is 0 Å². The quantitative estimate of drug-likeness (QED) is 0.374. The number of fused-ring (bicyclic) bond motifs is 3. The molecule has 4 aromatic rings. The normalized spacial score (nSPS) is 10.6. The van der Waals surface area contributed by atoms with E-state index in [4.69, 9.17) is 0 Å². The maximum atomic E-state index is 3.28. The minimum absolute atomic E-state index is 1.06. The van der Waals surface area contributed by atoms with Crippen LogP contribution in [0.5, 0.6) is 0 Å². The van der Waals surface area contributed by atoms with E-state index in [0.717, 1.165) is 10.4 Å². The Hall–Kier alpha value is -2.08. The number of benzene rings is 2. The Bertz CT molecular complexity index is 947. The van der Waals surface area contributed by atoms with Crippen molar-refractivity contribution in [2.45, 2.75) is 0 Å². The number of hydrogen-bond donors (Lipinski definition) is 0. The van der Waals surface area contributed by atoms with Crippen molar-refractivity contribution in [1.82, 2.24) is 0 Å². The van der Waals surface area contributed by atoms with Crippen molar-refractivity contribution < 1.29 is 0 Å². The maximum Gasteiger partial charge on any atom is 0.0785 e. The fourth-order valence-electron chi connectivity index (χ4n) is 2.28. The Morgan fingerprint density at radius 2 is 1.60 bits per heavy atom. The van der Waals surface area contributed by atoms with E-state index < -0.39 is 0 Å². The zero-order valence-electron chi connectivity index (χ0n) is 10.6. The highest BCUT2D eigenvalue weighted by atomic mass is 32.1. The van der Waals surface area contributed by atoms with Crippen LogP contribution in [0.3, 0.4) is 0 Å². The summed E-state index contributed by atoms with van der Waals surface area (Å²) >= 11 is 3.56. The smallest absolute Gasteiger partial charge is 0.0785 e. The minimum Gasteiger partial charge on any atom is -0.144 e. The molecule has 0 aliphatic rings. The van der Waals surface area contributed by atoms with E-state index >= 15 is 0 Å². The summed E-state index contributed by atoms with van der Waals surface area (Å²) in [5, 5.41) is 4.82. The Labute approximate surface area is 125 Å². The van der Waals surface area contributed by atoms with Crippen molar-refractivity contribution in [1.29, 1.82) is 0 Å². The topological polar surface area (TPSA) is 0 Å². The molecule has 2 heteroatoms. The molecular formula is C18H10S2. The van der Waals surface area contributed by atoms with Crippen LogP contribution in [0.15, 0.2) is 60.0 Å². The third kappa shape index (κ3) is 2.02. The highest BCUT2D eigenvalue weighted by molar-refractivity contribution is 7.20. The number of hydrogen-bond acceptors (Lipinski definition) is 2. The fourth-order valence-corrected chi connectivity index (χ4v) is 4.01. The van der Waals surface area contributed by atoms with Gasteiger partial charge in [0.2, 0.25) is 0 Å². The lowest BCUT2D eigenvalue weighted by Crippen LogP contribution is -1.70. The Balaban J connectivity index is 1.83. The van der Waals surface area contributed by atoms with Gasteiger partial charge in [-0.1, -0.05) is 30.0 Å². The van der Waals surface area contributed by atoms with Crippen molar-refractivity contribution in [3.8, 4) is 11.8 Å². The summed E-state index contributed by atoms with van der Waals surface area (Å²) in [5.41, 5.74) is 1.06. The molecule has 2 heterocycles. The summed E-state index contributed by atoms with van der Waals surface area (Å²) in [6.07, 6.45) is 0. The maximum absolute atomic E-state index is 3.28. The van der Waals surface area contributed by atoms with E-state index in [0.29, 0.717) is 0 Å². The van der Waals surface area contributed by atoms with E-state index in [-0.39, 0.29) is 0 Å². The first-order chi connectivity index (χ1) is 9.90. The second kappa shape index (κ2) is 4.79. The zero-order chi connectivity index (χ0) is 13.4. The molecule has 0 N–H and O–H groups in total. The summed E-state index contributed by atoms with van der Waals surface area (Å²) in [5.74, 6) is 6.51. The van der Waals surface area contributed by atoms with Gasteiger partial charge in [-0.15, -0.1) is 22.7 Å². The van der Waals surface area contributed by atoms with Crippen molar-refractivity contribution in [3.63, 3.8) is 0 Å². The predicted octanol–water partition coefficient (Wildman–Crippen LogP) is 5.52. The second-order valence-corrected chi connectivity index (χ2v) is 6.57. The van der Waals surface area contributed by atoms with E-state index in [1.807, 2.05) is 30.3 Å². The van der Waals surface area contributed by atoms with Crippen molar-refractivity contribution in [2.24, 2.45) is 0 Å². The Morgan fingerprint density at radius 3 is 2.50 bits per heavy atom. The first-order valence-electron chi connectivity index (χ1n) is 6.37. The zero-order valence-corrected chi connectivity index (χ0v) is 12.2. The van der Waals surface area contributed by atoms with Gasteiger partial charge in [-0.2, -0.15) is 0 Å². The van der Waals surface area contributed by atoms with Crippen molar-refractivity contribution in [3.05, 3.63) is 70.4 Å². The van der Waals surface area contributed by atoms with Gasteiger partial charge in [0.15, 0.2) is 0 Å². The molecule has 0 unspecified atom stereocenters. The summed E-state index contributed by atoms with van der Waals surface area (Å²) < 4.78 is 2.66. The third-order valence-electron chi connectivity index (χ3n) is 3.24. The molecule has 0 saturated carbocycles. The molecule has 0 saturated heterocycles. The molecule has 0 radical (unpaired) electrons. The molecule has 0 bridgehead atoms. The summed E-state index contributed by atoms with van der Waals surface area (Å²) in [6.45, 7) is 0. The first-order valence-corrected chi connectivity index (χ1v) is 8.06. The van der Waals surface area contributed by atoms with Crippen LogP contribution in [0.4, 0.5) is 0 Å². The van der Waals surface area contributed by atoms with Crippen LogP contribution < -0.4 is 0 Å². The Morgan fingerprint density at radius 1 is 0.750 bits per heavy atom. The molecular weight excluding hydrogens is 280 g/mol. The van der Waals surface area contributed by atoms with Gasteiger partial charge in [-0.25, -0.2) is 0 Å². The molecule has 0 fully saturated rings. The fraction of sp³-hybridized carbons (Fsp3) is 0. The number of thiophene rings is 2. The van der Waals surface area contributed by atoms with Crippen LogP contribution in [0, 0.1) is 11.8 Å². The molecule has 2 aromatic carbocycles. The van der Waals surface area contributed by atoms with Gasteiger partial charge in [-0.05, 0) is 41.8 Å². The molecule has 94 valence electrons. The highest BCUT2D eigenvalue weighted by Crippen LogP contribution is 2.34. The average molecular weight is 290 g/mol. The van der Waals surface area contributed by atoms with E-state index in [1.54, 1.807) is 22.7 Å². The van der Waals surface area contributed by atoms with E-state index in [2.05, 4.69) is 41.5 Å². The molecule has 0 atom stereocenters. The van der Waals surface area contributed by atoms with Gasteiger partial charge in [0, 0.05) is 25.7 Å². The second-order valence-electron chi connectivity index (χ2n) is 4.54. The molecule has 0 aliphatic carbocycles. The molecule has 4 rings (SSSR count). The monoisotopic (exact) mass is 290 g/mol. The molecule has 20 heavy (non-hydrogen) atoms. The summed E-state index contributed by atoms with van der Waals surface area (Å²) in [7, 11) is 0. The SMILES string of the molecule is C(#Cc1cc2c(ccc3sccc32)s1)c1ccccc1. The Kier molecular flexibility index (Phi) is 2.81. The van der Waals surface area contributed by atoms with Gasteiger partial charge in [0.05, 0.1) is 4.88 Å². The highest BCUT2D eigenvalue weighted by Gasteiger charge is 2.05. The van der Waals surface area contributed by atoms with Crippen LogP contribution >= 0.6 is 22.7 Å². The lowest BCUT2D eigenvalue weighted by molar-refractivity contribution is 1.65. The van der Waals surface area contributed by atoms with E-state index in [9.17, 15) is 0 Å². The number of rotatable bonds is 0. The van der Waals surface area contributed by atoms with Crippen molar-refractivity contribution in [2.75, 3.05) is 0 Å². The van der Waals surface area contributed by atoms with Gasteiger partial charge in [0.1, 0.15) is 0 Å². The summed E-state index contributed by atoms with van der Waals surface area (Å²) in [4.78, 5) is 1.13. The minimum atomic E-state index is 1.06. The standard InChI is InChI=1S/C18H10S2/c1-2-4-13(5-3-1)6-7-14-12-16-15-10-11-19-17(15)8-9-18(16)20-14/h1-5,8-12H. The lowest BCUT2D eigenvalue weighted by atomic mass is 10.2. The van der Waals surface area contributed by atoms with Crippen LogP contribution in [0.1, 0.15) is 10.4 Å². The van der Waals surface area contributed by atoms with Gasteiger partial charge >= 0.3 is 0 Å². The molecule has 0 spiro atoms. The van der Waals surface area contributed by atoms with Crippen LogP contribution in [0.25, 0.3) is 20.2 Å². The largest absolute Gasteiger partial charge is 0.144 e. The van der Waals surface area contributed by atoms with Gasteiger partial charge in [-0.3, -0.25) is 0 Å². The lowest BCUT2D eigenvalue weighted by Gasteiger charge is -1.90. The molecule has 2 aromatic heterocycles.